The summed E-state index contributed by atoms with van der Waals surface area (Å²) in [6.07, 6.45) is 1.54. The average molecular weight is 189 g/mol. The second kappa shape index (κ2) is 3.68. The van der Waals surface area contributed by atoms with Crippen molar-refractivity contribution >= 4 is 0 Å². The van der Waals surface area contributed by atoms with Gasteiger partial charge in [0, 0.05) is 19.2 Å². The molecule has 0 amide bonds. The first-order chi connectivity index (χ1) is 6.04. The summed E-state index contributed by atoms with van der Waals surface area (Å²) in [5, 5.41) is 2.72. The second-order valence-corrected chi connectivity index (χ2v) is 2.67. The Morgan fingerprint density at radius 1 is 1.38 bits per heavy atom. The number of halogens is 3. The summed E-state index contributed by atoms with van der Waals surface area (Å²) in [5.41, 5.74) is -0.0528. The van der Waals surface area contributed by atoms with Crippen LogP contribution in [0.5, 0.6) is 0 Å². The van der Waals surface area contributed by atoms with Crippen molar-refractivity contribution in [1.29, 1.82) is 0 Å². The highest BCUT2D eigenvalue weighted by molar-refractivity contribution is 5.34. The van der Waals surface area contributed by atoms with Gasteiger partial charge in [-0.15, -0.1) is 0 Å². The number of hydrogen-bond acceptors (Lipinski definition) is 1. The Bertz CT molecular complexity index is 271. The van der Waals surface area contributed by atoms with Crippen LogP contribution in [-0.4, -0.2) is 13.2 Å². The molecule has 1 nitrogen and oxygen atoms in total. The molecule has 0 saturated carbocycles. The molecular weight excluding hydrogens is 179 g/mol. The van der Waals surface area contributed by atoms with Gasteiger partial charge >= 0.3 is 6.18 Å². The third kappa shape index (κ3) is 2.65. The number of rotatable bonds is 1. The van der Waals surface area contributed by atoms with Crippen LogP contribution >= 0.6 is 0 Å². The minimum Gasteiger partial charge on any atom is -0.391 e. The summed E-state index contributed by atoms with van der Waals surface area (Å²) in [5.74, 6) is 0. The molecule has 13 heavy (non-hydrogen) atoms. The molecule has 1 aliphatic rings. The van der Waals surface area contributed by atoms with Crippen LogP contribution in [0.1, 0.15) is 6.42 Å². The lowest BCUT2D eigenvalue weighted by Crippen LogP contribution is -2.12. The molecule has 0 spiro atoms. The number of hydrogen-bond donors (Lipinski definition) is 1. The van der Waals surface area contributed by atoms with E-state index in [9.17, 15) is 13.2 Å². The molecular formula is C9H10F3N. The molecule has 1 rings (SSSR count). The molecule has 0 aromatic rings. The van der Waals surface area contributed by atoms with E-state index in [-0.39, 0.29) is 0 Å². The highest BCUT2D eigenvalue weighted by Gasteiger charge is 2.32. The first-order valence-corrected chi connectivity index (χ1v) is 3.86. The minimum atomic E-state index is -4.27. The van der Waals surface area contributed by atoms with Gasteiger partial charge in [-0.3, -0.25) is 0 Å². The maximum atomic E-state index is 12.3. The van der Waals surface area contributed by atoms with E-state index in [2.05, 4.69) is 5.32 Å². The molecule has 0 heterocycles. The van der Waals surface area contributed by atoms with Crippen molar-refractivity contribution in [3.05, 3.63) is 35.6 Å². The Kier molecular flexibility index (Phi) is 2.80. The molecule has 0 aliphatic heterocycles. The lowest BCUT2D eigenvalue weighted by atomic mass is 10.2. The first-order valence-electron chi connectivity index (χ1n) is 3.86. The van der Waals surface area contributed by atoms with Crippen molar-refractivity contribution in [3.63, 3.8) is 0 Å². The predicted octanol–water partition coefficient (Wildman–Crippen LogP) is 2.54. The zero-order valence-corrected chi connectivity index (χ0v) is 7.15. The van der Waals surface area contributed by atoms with Crippen LogP contribution in [-0.2, 0) is 0 Å². The summed E-state index contributed by atoms with van der Waals surface area (Å²) in [6, 6.07) is 0. The van der Waals surface area contributed by atoms with Gasteiger partial charge in [0.05, 0.1) is 5.57 Å². The number of allylic oxidation sites excluding steroid dienone is 5. The summed E-state index contributed by atoms with van der Waals surface area (Å²) in [4.78, 5) is 0. The molecule has 1 aliphatic carbocycles. The molecule has 0 aromatic carbocycles. The monoisotopic (exact) mass is 189 g/mol. The fourth-order valence-electron chi connectivity index (χ4n) is 1.01. The fraction of sp³-hybridized carbons (Fsp3) is 0.333. The van der Waals surface area contributed by atoms with Gasteiger partial charge in [-0.05, 0) is 6.08 Å². The van der Waals surface area contributed by atoms with Crippen molar-refractivity contribution in [2.75, 3.05) is 7.05 Å². The van der Waals surface area contributed by atoms with Gasteiger partial charge in [0.1, 0.15) is 0 Å². The quantitative estimate of drug-likeness (QED) is 0.668. The summed E-state index contributed by atoms with van der Waals surface area (Å²) < 4.78 is 36.8. The number of nitrogens with one attached hydrogen (secondary N) is 1. The molecule has 0 bridgehead atoms. The van der Waals surface area contributed by atoms with Gasteiger partial charge in [-0.2, -0.15) is 13.2 Å². The lowest BCUT2D eigenvalue weighted by molar-refractivity contribution is -0.0882. The van der Waals surface area contributed by atoms with Crippen LogP contribution in [0.4, 0.5) is 13.2 Å². The Morgan fingerprint density at radius 2 is 2.08 bits per heavy atom. The maximum Gasteiger partial charge on any atom is 0.416 e. The normalized spacial score (nSPS) is 17.5. The van der Waals surface area contributed by atoms with Crippen LogP contribution in [0, 0.1) is 0 Å². The predicted molar refractivity (Wildman–Crippen MR) is 45.0 cm³/mol. The number of alkyl halides is 3. The van der Waals surface area contributed by atoms with E-state index in [1.807, 2.05) is 0 Å². The van der Waals surface area contributed by atoms with Crippen molar-refractivity contribution in [1.82, 2.24) is 5.32 Å². The zero-order valence-electron chi connectivity index (χ0n) is 7.15. The van der Waals surface area contributed by atoms with E-state index in [0.29, 0.717) is 12.1 Å². The molecule has 0 aromatic heterocycles. The Hall–Kier alpha value is -1.19. The molecule has 0 unspecified atom stereocenters. The van der Waals surface area contributed by atoms with Gasteiger partial charge in [-0.1, -0.05) is 18.2 Å². The summed E-state index contributed by atoms with van der Waals surface area (Å²) in [6.45, 7) is 0. The fourth-order valence-corrected chi connectivity index (χ4v) is 1.01. The van der Waals surface area contributed by atoms with Crippen molar-refractivity contribution in [3.8, 4) is 0 Å². The van der Waals surface area contributed by atoms with Crippen LogP contribution < -0.4 is 5.32 Å². The van der Waals surface area contributed by atoms with Gasteiger partial charge in [0.2, 0.25) is 0 Å². The van der Waals surface area contributed by atoms with E-state index in [4.69, 9.17) is 0 Å². The summed E-state index contributed by atoms with van der Waals surface area (Å²) in [7, 11) is 1.61. The van der Waals surface area contributed by atoms with Crippen molar-refractivity contribution in [2.45, 2.75) is 12.6 Å². The van der Waals surface area contributed by atoms with E-state index in [1.54, 1.807) is 13.1 Å². The highest BCUT2D eigenvalue weighted by Crippen LogP contribution is 2.28. The largest absolute Gasteiger partial charge is 0.416 e. The highest BCUT2D eigenvalue weighted by atomic mass is 19.4. The Balaban J connectivity index is 2.95. The third-order valence-corrected chi connectivity index (χ3v) is 1.73. The molecule has 0 saturated heterocycles. The van der Waals surface area contributed by atoms with Gasteiger partial charge < -0.3 is 5.32 Å². The molecule has 72 valence electrons. The standard InChI is InChI=1S/C9H10F3N/c1-13-8-5-3-2-4-7(6-8)9(10,11)12/h2-4,6,13H,5H2,1H3. The van der Waals surface area contributed by atoms with E-state index in [1.165, 1.54) is 6.08 Å². The Labute approximate surface area is 74.6 Å². The van der Waals surface area contributed by atoms with Gasteiger partial charge in [0.25, 0.3) is 0 Å². The third-order valence-electron chi connectivity index (χ3n) is 1.73. The van der Waals surface area contributed by atoms with Crippen LogP contribution in [0.25, 0.3) is 0 Å². The molecule has 0 radical (unpaired) electrons. The average Bonchev–Trinajstić information content (AvgIpc) is 2.27. The topological polar surface area (TPSA) is 12.0 Å². The van der Waals surface area contributed by atoms with E-state index >= 15 is 0 Å². The Morgan fingerprint density at radius 3 is 2.62 bits per heavy atom. The van der Waals surface area contributed by atoms with E-state index in [0.717, 1.165) is 12.2 Å². The van der Waals surface area contributed by atoms with Crippen molar-refractivity contribution < 1.29 is 13.2 Å². The smallest absolute Gasteiger partial charge is 0.391 e. The van der Waals surface area contributed by atoms with Crippen LogP contribution in [0.15, 0.2) is 35.6 Å². The van der Waals surface area contributed by atoms with Gasteiger partial charge in [0.15, 0.2) is 0 Å². The molecule has 4 heteroatoms. The molecule has 1 N–H and O–H groups in total. The van der Waals surface area contributed by atoms with Crippen LogP contribution in [0.2, 0.25) is 0 Å². The first kappa shape index (κ1) is 9.89. The van der Waals surface area contributed by atoms with E-state index < -0.39 is 11.7 Å². The van der Waals surface area contributed by atoms with Crippen molar-refractivity contribution in [2.24, 2.45) is 0 Å². The molecule has 0 fully saturated rings. The summed E-state index contributed by atoms with van der Waals surface area (Å²) >= 11 is 0. The van der Waals surface area contributed by atoms with Crippen LogP contribution in [0.3, 0.4) is 0 Å². The lowest BCUT2D eigenvalue weighted by Gasteiger charge is -2.08. The zero-order chi connectivity index (χ0) is 9.90. The maximum absolute atomic E-state index is 12.3. The minimum absolute atomic E-state index is 0.507. The molecule has 0 atom stereocenters. The second-order valence-electron chi connectivity index (χ2n) is 2.67. The SMILES string of the molecule is CNC1=CC(C(F)(F)F)=CC=CC1. The van der Waals surface area contributed by atoms with Gasteiger partial charge in [-0.25, -0.2) is 0 Å².